The highest BCUT2D eigenvalue weighted by atomic mass is 35.7. The van der Waals surface area contributed by atoms with Gasteiger partial charge in [0.25, 0.3) is 9.05 Å². The van der Waals surface area contributed by atoms with Gasteiger partial charge >= 0.3 is 0 Å². The van der Waals surface area contributed by atoms with Crippen LogP contribution in [0.5, 0.6) is 0 Å². The maximum absolute atomic E-state index is 12.0. The number of hydrogen-bond acceptors (Lipinski definition) is 2. The van der Waals surface area contributed by atoms with Gasteiger partial charge in [0.05, 0.1) is 4.90 Å². The Morgan fingerprint density at radius 2 is 1.23 bits per heavy atom. The molecule has 0 fully saturated rings. The minimum atomic E-state index is -3.82. The average molecular weight is 381 g/mol. The van der Waals surface area contributed by atoms with E-state index in [1.807, 2.05) is 36.4 Å². The van der Waals surface area contributed by atoms with Crippen LogP contribution in [-0.4, -0.2) is 8.42 Å². The highest BCUT2D eigenvalue weighted by molar-refractivity contribution is 8.13. The Labute approximate surface area is 158 Å². The first-order valence-electron chi connectivity index (χ1n) is 8.46. The molecule has 0 saturated carbocycles. The van der Waals surface area contributed by atoms with E-state index in [1.165, 1.54) is 11.1 Å². The van der Waals surface area contributed by atoms with Crippen molar-refractivity contribution in [2.24, 2.45) is 0 Å². The second kappa shape index (κ2) is 6.75. The number of aryl methyl sites for hydroxylation is 2. The van der Waals surface area contributed by atoms with Crippen molar-refractivity contribution < 1.29 is 8.42 Å². The molecule has 4 rings (SSSR count). The van der Waals surface area contributed by atoms with Gasteiger partial charge in [-0.05, 0) is 58.4 Å². The molecule has 2 nitrogen and oxygen atoms in total. The lowest BCUT2D eigenvalue weighted by Gasteiger charge is -2.13. The molecule has 0 unspecified atom stereocenters. The van der Waals surface area contributed by atoms with Crippen LogP contribution in [-0.2, 0) is 21.9 Å². The van der Waals surface area contributed by atoms with Gasteiger partial charge in [0.1, 0.15) is 0 Å². The zero-order chi connectivity index (χ0) is 18.1. The van der Waals surface area contributed by atoms with Crippen LogP contribution >= 0.6 is 10.7 Å². The topological polar surface area (TPSA) is 34.1 Å². The standard InChI is InChI=1S/C22H17ClO2S/c23-26(24,25)22-12-6-3-9-18(22)15-21-19-10-4-1-7-16(19)13-14-17-8-2-5-11-20(17)21/h1-12,15H,13-14H2. The lowest BCUT2D eigenvalue weighted by atomic mass is 9.92. The van der Waals surface area contributed by atoms with E-state index in [-0.39, 0.29) is 4.90 Å². The zero-order valence-electron chi connectivity index (χ0n) is 14.0. The Morgan fingerprint density at radius 1 is 0.731 bits per heavy atom. The molecular weight excluding hydrogens is 364 g/mol. The molecule has 0 bridgehead atoms. The third-order valence-corrected chi connectivity index (χ3v) is 6.16. The van der Waals surface area contributed by atoms with Gasteiger partial charge in [-0.1, -0.05) is 66.7 Å². The number of benzene rings is 3. The van der Waals surface area contributed by atoms with Gasteiger partial charge < -0.3 is 0 Å². The fraction of sp³-hybridized carbons (Fsp3) is 0.0909. The molecule has 0 atom stereocenters. The molecule has 0 amide bonds. The molecule has 130 valence electrons. The second-order valence-electron chi connectivity index (χ2n) is 6.35. The number of fused-ring (bicyclic) bond motifs is 2. The van der Waals surface area contributed by atoms with Crippen molar-refractivity contribution in [1.29, 1.82) is 0 Å². The van der Waals surface area contributed by atoms with E-state index in [1.54, 1.807) is 18.2 Å². The summed E-state index contributed by atoms with van der Waals surface area (Å²) in [4.78, 5) is 0.133. The molecule has 0 aliphatic heterocycles. The van der Waals surface area contributed by atoms with Gasteiger partial charge in [-0.15, -0.1) is 0 Å². The summed E-state index contributed by atoms with van der Waals surface area (Å²) < 4.78 is 24.0. The molecule has 0 heterocycles. The largest absolute Gasteiger partial charge is 0.261 e. The minimum Gasteiger partial charge on any atom is -0.207 e. The summed E-state index contributed by atoms with van der Waals surface area (Å²) in [5.74, 6) is 0. The van der Waals surface area contributed by atoms with Crippen LogP contribution in [0.15, 0.2) is 77.7 Å². The second-order valence-corrected chi connectivity index (χ2v) is 8.88. The van der Waals surface area contributed by atoms with Gasteiger partial charge in [0.15, 0.2) is 0 Å². The normalized spacial score (nSPS) is 13.5. The monoisotopic (exact) mass is 380 g/mol. The Balaban J connectivity index is 2.02. The van der Waals surface area contributed by atoms with E-state index in [0.717, 1.165) is 29.5 Å². The lowest BCUT2D eigenvalue weighted by Crippen LogP contribution is -1.96. The highest BCUT2D eigenvalue weighted by Crippen LogP contribution is 2.36. The van der Waals surface area contributed by atoms with Crippen LogP contribution in [0.25, 0.3) is 11.6 Å². The summed E-state index contributed by atoms with van der Waals surface area (Å²) >= 11 is 0. The van der Waals surface area contributed by atoms with E-state index < -0.39 is 9.05 Å². The molecule has 0 aromatic heterocycles. The molecule has 26 heavy (non-hydrogen) atoms. The van der Waals surface area contributed by atoms with Crippen molar-refractivity contribution >= 4 is 31.4 Å². The van der Waals surface area contributed by atoms with Crippen molar-refractivity contribution in [2.45, 2.75) is 17.7 Å². The summed E-state index contributed by atoms with van der Waals surface area (Å²) in [6.45, 7) is 0. The van der Waals surface area contributed by atoms with Gasteiger partial charge in [0.2, 0.25) is 0 Å². The molecule has 0 N–H and O–H groups in total. The lowest BCUT2D eigenvalue weighted by molar-refractivity contribution is 0.609. The smallest absolute Gasteiger partial charge is 0.207 e. The highest BCUT2D eigenvalue weighted by Gasteiger charge is 2.19. The van der Waals surface area contributed by atoms with E-state index in [4.69, 9.17) is 10.7 Å². The summed E-state index contributed by atoms with van der Waals surface area (Å²) in [5, 5.41) is 0. The number of rotatable bonds is 2. The van der Waals surface area contributed by atoms with Gasteiger partial charge in [-0.25, -0.2) is 8.42 Å². The van der Waals surface area contributed by atoms with Crippen molar-refractivity contribution in [2.75, 3.05) is 0 Å². The molecule has 4 heteroatoms. The molecule has 3 aromatic rings. The zero-order valence-corrected chi connectivity index (χ0v) is 15.6. The maximum Gasteiger partial charge on any atom is 0.261 e. The van der Waals surface area contributed by atoms with E-state index >= 15 is 0 Å². The predicted octanol–water partition coefficient (Wildman–Crippen LogP) is 5.30. The first-order chi connectivity index (χ1) is 12.5. The summed E-state index contributed by atoms with van der Waals surface area (Å²) in [6.07, 6.45) is 3.86. The predicted molar refractivity (Wildman–Crippen MR) is 107 cm³/mol. The first kappa shape index (κ1) is 17.1. The fourth-order valence-electron chi connectivity index (χ4n) is 3.55. The quantitative estimate of drug-likeness (QED) is 0.565. The number of halogens is 1. The number of hydrogen-bond donors (Lipinski definition) is 0. The first-order valence-corrected chi connectivity index (χ1v) is 10.8. The van der Waals surface area contributed by atoms with Crippen molar-refractivity contribution in [3.05, 3.63) is 101 Å². The van der Waals surface area contributed by atoms with E-state index in [2.05, 4.69) is 24.3 Å². The van der Waals surface area contributed by atoms with Crippen molar-refractivity contribution in [3.8, 4) is 0 Å². The molecule has 0 spiro atoms. The van der Waals surface area contributed by atoms with Crippen LogP contribution in [0.1, 0.15) is 27.8 Å². The fourth-order valence-corrected chi connectivity index (χ4v) is 4.62. The Hall–Kier alpha value is -2.36. The molecule has 1 aliphatic carbocycles. The van der Waals surface area contributed by atoms with Gasteiger partial charge in [-0.2, -0.15) is 0 Å². The van der Waals surface area contributed by atoms with Crippen LogP contribution < -0.4 is 0 Å². The van der Waals surface area contributed by atoms with Crippen LogP contribution in [0, 0.1) is 0 Å². The molecule has 0 saturated heterocycles. The Kier molecular flexibility index (Phi) is 4.43. The molecule has 1 aliphatic rings. The van der Waals surface area contributed by atoms with Crippen molar-refractivity contribution in [3.63, 3.8) is 0 Å². The Morgan fingerprint density at radius 3 is 1.81 bits per heavy atom. The molecular formula is C22H17ClO2S. The van der Waals surface area contributed by atoms with Crippen LogP contribution in [0.2, 0.25) is 0 Å². The van der Waals surface area contributed by atoms with E-state index in [9.17, 15) is 8.42 Å². The molecule has 0 radical (unpaired) electrons. The summed E-state index contributed by atoms with van der Waals surface area (Å²) in [7, 11) is 1.84. The van der Waals surface area contributed by atoms with Crippen LogP contribution in [0.3, 0.4) is 0 Å². The van der Waals surface area contributed by atoms with E-state index in [0.29, 0.717) is 5.56 Å². The Bertz CT molecular complexity index is 1060. The third kappa shape index (κ3) is 3.20. The molecule has 3 aromatic carbocycles. The average Bonchev–Trinajstić information content (AvgIpc) is 2.79. The SMILES string of the molecule is O=S(=O)(Cl)c1ccccc1C=C1c2ccccc2CCc2ccccc21. The third-order valence-electron chi connectivity index (χ3n) is 4.76. The minimum absolute atomic E-state index is 0.133. The maximum atomic E-state index is 12.0. The summed E-state index contributed by atoms with van der Waals surface area (Å²) in [6, 6.07) is 23.4. The van der Waals surface area contributed by atoms with Crippen molar-refractivity contribution in [1.82, 2.24) is 0 Å². The van der Waals surface area contributed by atoms with Crippen LogP contribution in [0.4, 0.5) is 0 Å². The van der Waals surface area contributed by atoms with Gasteiger partial charge in [-0.3, -0.25) is 0 Å². The van der Waals surface area contributed by atoms with Gasteiger partial charge in [0, 0.05) is 10.7 Å². The summed E-state index contributed by atoms with van der Waals surface area (Å²) in [5.41, 5.74) is 6.44.